The van der Waals surface area contributed by atoms with Crippen LogP contribution in [0.15, 0.2) is 24.7 Å². The van der Waals surface area contributed by atoms with Crippen molar-refractivity contribution in [3.05, 3.63) is 30.4 Å². The molecule has 1 atom stereocenters. The van der Waals surface area contributed by atoms with Crippen molar-refractivity contribution in [3.63, 3.8) is 0 Å². The third kappa shape index (κ3) is 5.69. The molecule has 1 aliphatic carbocycles. The molecule has 31 heavy (non-hydrogen) atoms. The molecule has 2 aromatic heterocycles. The summed E-state index contributed by atoms with van der Waals surface area (Å²) < 4.78 is 25.1. The maximum atomic E-state index is 12.5. The number of hydrogen-bond acceptors (Lipinski definition) is 7. The standard InChI is InChI=1S/C20H21F2N7O2/c1-11(20(31)29(2)10-17(21)22)27-14-5-13(7-24-15(14)6-23)16-8-26-18(9-25-16)28-19(30)12-3-4-12/h5,7-9,11-12,17,27H,3-4,10H2,1-2H3,(H,26,28,30). The van der Waals surface area contributed by atoms with Gasteiger partial charge in [-0.2, -0.15) is 5.26 Å². The second-order valence-electron chi connectivity index (χ2n) is 7.26. The van der Waals surface area contributed by atoms with E-state index in [1.807, 2.05) is 6.07 Å². The van der Waals surface area contributed by atoms with E-state index < -0.39 is 24.9 Å². The van der Waals surface area contributed by atoms with E-state index in [-0.39, 0.29) is 23.2 Å². The van der Waals surface area contributed by atoms with Gasteiger partial charge in [0.2, 0.25) is 11.8 Å². The van der Waals surface area contributed by atoms with Crippen LogP contribution in [0.25, 0.3) is 11.3 Å². The molecule has 0 bridgehead atoms. The summed E-state index contributed by atoms with van der Waals surface area (Å²) in [5.41, 5.74) is 1.27. The summed E-state index contributed by atoms with van der Waals surface area (Å²) in [7, 11) is 1.28. The van der Waals surface area contributed by atoms with Crippen LogP contribution in [-0.4, -0.2) is 57.7 Å². The van der Waals surface area contributed by atoms with Crippen LogP contribution in [0.1, 0.15) is 25.5 Å². The summed E-state index contributed by atoms with van der Waals surface area (Å²) in [6.45, 7) is 0.822. The SMILES string of the molecule is CC(Nc1cc(-c2cnc(NC(=O)C3CC3)cn2)cnc1C#N)C(=O)N(C)CC(F)F. The average Bonchev–Trinajstić information content (AvgIpc) is 3.58. The van der Waals surface area contributed by atoms with E-state index in [9.17, 15) is 23.6 Å². The fraction of sp³-hybridized carbons (Fsp3) is 0.400. The van der Waals surface area contributed by atoms with Crippen LogP contribution in [0, 0.1) is 17.2 Å². The largest absolute Gasteiger partial charge is 0.372 e. The Morgan fingerprint density at radius 2 is 2.00 bits per heavy atom. The maximum Gasteiger partial charge on any atom is 0.255 e. The maximum absolute atomic E-state index is 12.5. The number of rotatable bonds is 8. The molecule has 2 N–H and O–H groups in total. The summed E-state index contributed by atoms with van der Waals surface area (Å²) in [6.07, 6.45) is 3.43. The van der Waals surface area contributed by atoms with Crippen molar-refractivity contribution in [2.24, 2.45) is 5.92 Å². The number of pyridine rings is 1. The molecule has 2 heterocycles. The number of likely N-dealkylation sites (N-methyl/N-ethyl adjacent to an activating group) is 1. The molecule has 1 unspecified atom stereocenters. The molecule has 162 valence electrons. The Hall–Kier alpha value is -3.68. The monoisotopic (exact) mass is 429 g/mol. The van der Waals surface area contributed by atoms with Crippen molar-refractivity contribution in [1.82, 2.24) is 19.9 Å². The third-order valence-corrected chi connectivity index (χ3v) is 4.67. The highest BCUT2D eigenvalue weighted by atomic mass is 19.3. The van der Waals surface area contributed by atoms with Gasteiger partial charge in [0.15, 0.2) is 11.5 Å². The molecule has 11 heteroatoms. The fourth-order valence-corrected chi connectivity index (χ4v) is 2.84. The van der Waals surface area contributed by atoms with E-state index in [1.165, 1.54) is 32.6 Å². The molecular formula is C20H21F2N7O2. The molecule has 2 amide bonds. The zero-order valence-electron chi connectivity index (χ0n) is 17.0. The van der Waals surface area contributed by atoms with Crippen LogP contribution in [-0.2, 0) is 9.59 Å². The van der Waals surface area contributed by atoms with Crippen molar-refractivity contribution < 1.29 is 18.4 Å². The van der Waals surface area contributed by atoms with Crippen LogP contribution < -0.4 is 10.6 Å². The smallest absolute Gasteiger partial charge is 0.255 e. The topological polar surface area (TPSA) is 124 Å². The fourth-order valence-electron chi connectivity index (χ4n) is 2.84. The highest BCUT2D eigenvalue weighted by Gasteiger charge is 2.29. The van der Waals surface area contributed by atoms with E-state index in [1.54, 1.807) is 6.07 Å². The minimum Gasteiger partial charge on any atom is -0.372 e. The van der Waals surface area contributed by atoms with E-state index in [2.05, 4.69) is 25.6 Å². The van der Waals surface area contributed by atoms with Gasteiger partial charge in [-0.1, -0.05) is 0 Å². The van der Waals surface area contributed by atoms with Crippen LogP contribution in [0.2, 0.25) is 0 Å². The molecule has 0 aliphatic heterocycles. The number of nitriles is 1. The third-order valence-electron chi connectivity index (χ3n) is 4.67. The number of hydrogen-bond donors (Lipinski definition) is 2. The number of carbonyl (C=O) groups is 2. The van der Waals surface area contributed by atoms with Crippen LogP contribution in [0.5, 0.6) is 0 Å². The number of amides is 2. The van der Waals surface area contributed by atoms with Gasteiger partial charge in [0.1, 0.15) is 12.1 Å². The molecule has 0 aromatic carbocycles. The van der Waals surface area contributed by atoms with E-state index >= 15 is 0 Å². The first-order chi connectivity index (χ1) is 14.8. The van der Waals surface area contributed by atoms with Gasteiger partial charge in [0.25, 0.3) is 6.43 Å². The van der Waals surface area contributed by atoms with Crippen molar-refractivity contribution in [2.75, 3.05) is 24.2 Å². The first-order valence-corrected chi connectivity index (χ1v) is 9.61. The molecule has 3 rings (SSSR count). The number of alkyl halides is 2. The lowest BCUT2D eigenvalue weighted by Crippen LogP contribution is -2.41. The second kappa shape index (κ2) is 9.42. The zero-order chi connectivity index (χ0) is 22.5. The van der Waals surface area contributed by atoms with Crippen molar-refractivity contribution >= 4 is 23.3 Å². The summed E-state index contributed by atoms with van der Waals surface area (Å²) in [6, 6.07) is 2.64. The first kappa shape index (κ1) is 22.0. The Kier molecular flexibility index (Phi) is 6.69. The molecule has 1 fully saturated rings. The summed E-state index contributed by atoms with van der Waals surface area (Å²) in [5, 5.41) is 14.9. The Morgan fingerprint density at radius 1 is 1.26 bits per heavy atom. The summed E-state index contributed by atoms with van der Waals surface area (Å²) in [4.78, 5) is 37.5. The zero-order valence-corrected chi connectivity index (χ0v) is 17.0. The van der Waals surface area contributed by atoms with Crippen LogP contribution in [0.4, 0.5) is 20.3 Å². The highest BCUT2D eigenvalue weighted by Crippen LogP contribution is 2.30. The first-order valence-electron chi connectivity index (χ1n) is 9.61. The minimum atomic E-state index is -2.64. The molecule has 9 nitrogen and oxygen atoms in total. The second-order valence-corrected chi connectivity index (χ2v) is 7.26. The molecule has 1 saturated carbocycles. The van der Waals surface area contributed by atoms with Gasteiger partial charge >= 0.3 is 0 Å². The van der Waals surface area contributed by atoms with E-state index in [0.717, 1.165) is 17.7 Å². The van der Waals surface area contributed by atoms with Gasteiger partial charge in [-0.05, 0) is 25.8 Å². The molecule has 2 aromatic rings. The van der Waals surface area contributed by atoms with Gasteiger partial charge in [0, 0.05) is 24.7 Å². The predicted octanol–water partition coefficient (Wildman–Crippen LogP) is 2.28. The number of aromatic nitrogens is 3. The molecular weight excluding hydrogens is 408 g/mol. The molecule has 0 saturated heterocycles. The molecule has 0 spiro atoms. The number of carbonyl (C=O) groups excluding carboxylic acids is 2. The Labute approximate surface area is 177 Å². The predicted molar refractivity (Wildman–Crippen MR) is 108 cm³/mol. The van der Waals surface area contributed by atoms with Crippen molar-refractivity contribution in [1.29, 1.82) is 5.26 Å². The molecule has 1 aliphatic rings. The Balaban J connectivity index is 1.74. The van der Waals surface area contributed by atoms with Crippen molar-refractivity contribution in [2.45, 2.75) is 32.2 Å². The lowest BCUT2D eigenvalue weighted by Gasteiger charge is -2.22. The van der Waals surface area contributed by atoms with Gasteiger partial charge < -0.3 is 15.5 Å². The van der Waals surface area contributed by atoms with Gasteiger partial charge in [0.05, 0.1) is 30.3 Å². The van der Waals surface area contributed by atoms with Gasteiger partial charge in [-0.3, -0.25) is 14.6 Å². The Bertz CT molecular complexity index is 1000. The van der Waals surface area contributed by atoms with Crippen LogP contribution in [0.3, 0.4) is 0 Å². The number of nitrogens with zero attached hydrogens (tertiary/aromatic N) is 5. The summed E-state index contributed by atoms with van der Waals surface area (Å²) >= 11 is 0. The quantitative estimate of drug-likeness (QED) is 0.660. The Morgan fingerprint density at radius 3 is 2.58 bits per heavy atom. The summed E-state index contributed by atoms with van der Waals surface area (Å²) in [5.74, 6) is -0.252. The highest BCUT2D eigenvalue weighted by molar-refractivity contribution is 5.93. The average molecular weight is 429 g/mol. The van der Waals surface area contributed by atoms with Crippen LogP contribution >= 0.6 is 0 Å². The lowest BCUT2D eigenvalue weighted by atomic mass is 10.1. The van der Waals surface area contributed by atoms with E-state index in [0.29, 0.717) is 17.1 Å². The number of anilines is 2. The van der Waals surface area contributed by atoms with Gasteiger partial charge in [-0.25, -0.2) is 18.7 Å². The minimum absolute atomic E-state index is 0.0428. The van der Waals surface area contributed by atoms with Gasteiger partial charge in [-0.15, -0.1) is 0 Å². The molecule has 0 radical (unpaired) electrons. The number of halogens is 2. The number of nitrogens with one attached hydrogen (secondary N) is 2. The normalized spacial score (nSPS) is 13.9. The van der Waals surface area contributed by atoms with E-state index in [4.69, 9.17) is 0 Å². The lowest BCUT2D eigenvalue weighted by molar-refractivity contribution is -0.132. The van der Waals surface area contributed by atoms with Crippen molar-refractivity contribution in [3.8, 4) is 17.3 Å².